The van der Waals surface area contributed by atoms with Crippen LogP contribution in [-0.2, 0) is 4.79 Å². The molecule has 22 heavy (non-hydrogen) atoms. The Bertz CT molecular complexity index is 653. The Morgan fingerprint density at radius 1 is 1.32 bits per heavy atom. The van der Waals surface area contributed by atoms with Gasteiger partial charge in [-0.15, -0.1) is 5.10 Å². The molecule has 0 atom stereocenters. The molecule has 118 valence electrons. The molecule has 2 aromatic rings. The van der Waals surface area contributed by atoms with Crippen LogP contribution in [0.15, 0.2) is 23.4 Å². The van der Waals surface area contributed by atoms with Gasteiger partial charge in [0, 0.05) is 6.54 Å². The molecule has 0 saturated heterocycles. The molecule has 1 N–H and O–H groups in total. The van der Waals surface area contributed by atoms with Crippen molar-refractivity contribution in [2.24, 2.45) is 5.92 Å². The molecule has 1 aromatic heterocycles. The van der Waals surface area contributed by atoms with E-state index in [4.69, 9.17) is 0 Å². The fraction of sp³-hybridized carbons (Fsp3) is 0.467. The molecule has 0 aliphatic carbocycles. The van der Waals surface area contributed by atoms with Crippen LogP contribution in [0, 0.1) is 19.8 Å². The molecule has 1 aromatic carbocycles. The summed E-state index contributed by atoms with van der Waals surface area (Å²) in [6.07, 6.45) is 0. The van der Waals surface area contributed by atoms with Crippen LogP contribution in [0.1, 0.15) is 25.0 Å². The van der Waals surface area contributed by atoms with Gasteiger partial charge in [0.25, 0.3) is 0 Å². The van der Waals surface area contributed by atoms with Crippen molar-refractivity contribution in [3.63, 3.8) is 0 Å². The van der Waals surface area contributed by atoms with E-state index in [-0.39, 0.29) is 5.91 Å². The third-order valence-corrected chi connectivity index (χ3v) is 4.14. The van der Waals surface area contributed by atoms with Crippen LogP contribution in [-0.4, -0.2) is 38.4 Å². The molecule has 1 heterocycles. The largest absolute Gasteiger partial charge is 0.355 e. The van der Waals surface area contributed by atoms with Crippen molar-refractivity contribution in [2.75, 3.05) is 12.3 Å². The molecule has 1 amide bonds. The second kappa shape index (κ2) is 7.40. The molecule has 0 unspecified atom stereocenters. The summed E-state index contributed by atoms with van der Waals surface area (Å²) in [6.45, 7) is 8.92. The minimum absolute atomic E-state index is 0.00617. The van der Waals surface area contributed by atoms with Crippen LogP contribution in [0.25, 0.3) is 5.69 Å². The maximum Gasteiger partial charge on any atom is 0.230 e. The predicted molar refractivity (Wildman–Crippen MR) is 87.2 cm³/mol. The number of benzene rings is 1. The Hall–Kier alpha value is -1.89. The molecule has 0 fully saturated rings. The summed E-state index contributed by atoms with van der Waals surface area (Å²) in [4.78, 5) is 11.8. The number of amides is 1. The number of hydrogen-bond donors (Lipinski definition) is 1. The van der Waals surface area contributed by atoms with Gasteiger partial charge in [0.2, 0.25) is 11.1 Å². The first-order valence-electron chi connectivity index (χ1n) is 7.23. The monoisotopic (exact) mass is 319 g/mol. The van der Waals surface area contributed by atoms with Gasteiger partial charge in [-0.25, -0.2) is 0 Å². The Balaban J connectivity index is 2.03. The fourth-order valence-corrected chi connectivity index (χ4v) is 2.51. The van der Waals surface area contributed by atoms with Gasteiger partial charge in [-0.1, -0.05) is 31.7 Å². The highest BCUT2D eigenvalue weighted by Gasteiger charge is 2.12. The molecule has 0 radical (unpaired) electrons. The number of rotatable bonds is 6. The minimum atomic E-state index is -0.00617. The van der Waals surface area contributed by atoms with Crippen molar-refractivity contribution in [1.29, 1.82) is 0 Å². The number of aryl methyl sites for hydroxylation is 2. The average Bonchev–Trinajstić information content (AvgIpc) is 2.94. The lowest BCUT2D eigenvalue weighted by atomic mass is 10.1. The van der Waals surface area contributed by atoms with Crippen molar-refractivity contribution in [1.82, 2.24) is 25.5 Å². The van der Waals surface area contributed by atoms with Crippen LogP contribution in [0.3, 0.4) is 0 Å². The van der Waals surface area contributed by atoms with Gasteiger partial charge in [-0.2, -0.15) is 4.68 Å². The maximum atomic E-state index is 11.8. The first-order chi connectivity index (χ1) is 10.5. The molecule has 0 aliphatic rings. The van der Waals surface area contributed by atoms with Crippen LogP contribution in [0.2, 0.25) is 0 Å². The summed E-state index contributed by atoms with van der Waals surface area (Å²) in [7, 11) is 0. The second-order valence-electron chi connectivity index (χ2n) is 5.63. The standard InChI is InChI=1S/C15H21N5OS/c1-10(2)8-16-14(21)9-22-15-17-18-19-20(15)13-6-5-11(3)12(4)7-13/h5-7,10H,8-9H2,1-4H3,(H,16,21). The van der Waals surface area contributed by atoms with E-state index >= 15 is 0 Å². The van der Waals surface area contributed by atoms with Gasteiger partial charge in [0.05, 0.1) is 11.4 Å². The van der Waals surface area contributed by atoms with Crippen LogP contribution >= 0.6 is 11.8 Å². The number of thioether (sulfide) groups is 1. The van der Waals surface area contributed by atoms with Crippen LogP contribution < -0.4 is 5.32 Å². The van der Waals surface area contributed by atoms with Crippen LogP contribution in [0.5, 0.6) is 0 Å². The molecule has 0 aliphatic heterocycles. The number of nitrogens with zero attached hydrogens (tertiary/aromatic N) is 4. The zero-order chi connectivity index (χ0) is 16.1. The smallest absolute Gasteiger partial charge is 0.230 e. The molecule has 7 heteroatoms. The van der Waals surface area contributed by atoms with Crippen molar-refractivity contribution in [3.05, 3.63) is 29.3 Å². The summed E-state index contributed by atoms with van der Waals surface area (Å²) in [5.74, 6) is 0.737. The number of nitrogens with one attached hydrogen (secondary N) is 1. The summed E-state index contributed by atoms with van der Waals surface area (Å²) in [5, 5.41) is 15.2. The van der Waals surface area contributed by atoms with Crippen LogP contribution in [0.4, 0.5) is 0 Å². The minimum Gasteiger partial charge on any atom is -0.355 e. The van der Waals surface area contributed by atoms with Gasteiger partial charge in [0.1, 0.15) is 0 Å². The Morgan fingerprint density at radius 2 is 2.09 bits per heavy atom. The zero-order valence-electron chi connectivity index (χ0n) is 13.3. The van der Waals surface area contributed by atoms with Crippen molar-refractivity contribution in [2.45, 2.75) is 32.9 Å². The Kier molecular flexibility index (Phi) is 5.54. The van der Waals surface area contributed by atoms with E-state index < -0.39 is 0 Å². The third-order valence-electron chi connectivity index (χ3n) is 3.22. The van der Waals surface area contributed by atoms with Crippen molar-refractivity contribution in [3.8, 4) is 5.69 Å². The SMILES string of the molecule is Cc1ccc(-n2nnnc2SCC(=O)NCC(C)C)cc1C. The van der Waals surface area contributed by atoms with E-state index in [1.807, 2.05) is 18.2 Å². The summed E-state index contributed by atoms with van der Waals surface area (Å²) >= 11 is 1.33. The number of carbonyl (C=O) groups excluding carboxylic acids is 1. The number of hydrogen-bond acceptors (Lipinski definition) is 5. The van der Waals surface area contributed by atoms with E-state index in [9.17, 15) is 4.79 Å². The highest BCUT2D eigenvalue weighted by atomic mass is 32.2. The van der Waals surface area contributed by atoms with E-state index in [0.717, 1.165) is 5.69 Å². The second-order valence-corrected chi connectivity index (χ2v) is 6.57. The highest BCUT2D eigenvalue weighted by molar-refractivity contribution is 7.99. The predicted octanol–water partition coefficient (Wildman–Crippen LogP) is 2.14. The number of aromatic nitrogens is 4. The number of carbonyl (C=O) groups is 1. The van der Waals surface area contributed by atoms with E-state index in [0.29, 0.717) is 23.4 Å². The molecule has 6 nitrogen and oxygen atoms in total. The maximum absolute atomic E-state index is 11.8. The lowest BCUT2D eigenvalue weighted by Gasteiger charge is -2.08. The summed E-state index contributed by atoms with van der Waals surface area (Å²) < 4.78 is 1.66. The Labute approximate surface area is 134 Å². The van der Waals surface area contributed by atoms with E-state index in [1.165, 1.54) is 22.9 Å². The molecular weight excluding hydrogens is 298 g/mol. The summed E-state index contributed by atoms with van der Waals surface area (Å²) in [6, 6.07) is 6.05. The first-order valence-corrected chi connectivity index (χ1v) is 8.21. The molecule has 0 saturated carbocycles. The van der Waals surface area contributed by atoms with Gasteiger partial charge < -0.3 is 5.32 Å². The quantitative estimate of drug-likeness (QED) is 0.826. The number of tetrazole rings is 1. The average molecular weight is 319 g/mol. The summed E-state index contributed by atoms with van der Waals surface area (Å²) in [5.41, 5.74) is 3.30. The topological polar surface area (TPSA) is 72.7 Å². The lowest BCUT2D eigenvalue weighted by molar-refractivity contribution is -0.118. The Morgan fingerprint density at radius 3 is 2.77 bits per heavy atom. The van der Waals surface area contributed by atoms with E-state index in [2.05, 4.69) is 48.5 Å². The first kappa shape index (κ1) is 16.5. The lowest BCUT2D eigenvalue weighted by Crippen LogP contribution is -2.28. The molecule has 0 bridgehead atoms. The zero-order valence-corrected chi connectivity index (χ0v) is 14.1. The van der Waals surface area contributed by atoms with E-state index in [1.54, 1.807) is 4.68 Å². The normalized spacial score (nSPS) is 11.0. The van der Waals surface area contributed by atoms with Crippen molar-refractivity contribution >= 4 is 17.7 Å². The highest BCUT2D eigenvalue weighted by Crippen LogP contribution is 2.19. The van der Waals surface area contributed by atoms with Crippen molar-refractivity contribution < 1.29 is 4.79 Å². The van der Waals surface area contributed by atoms with Gasteiger partial charge >= 0.3 is 0 Å². The van der Waals surface area contributed by atoms with Gasteiger partial charge in [-0.3, -0.25) is 4.79 Å². The molecular formula is C15H21N5OS. The van der Waals surface area contributed by atoms with Gasteiger partial charge in [-0.05, 0) is 53.5 Å². The third kappa shape index (κ3) is 4.30. The van der Waals surface area contributed by atoms with Gasteiger partial charge in [0.15, 0.2) is 0 Å². The fourth-order valence-electron chi connectivity index (χ4n) is 1.79. The molecule has 2 rings (SSSR count). The molecule has 0 spiro atoms.